The number of rotatable bonds is 1. The van der Waals surface area contributed by atoms with E-state index in [1.807, 2.05) is 6.07 Å². The van der Waals surface area contributed by atoms with Gasteiger partial charge in [-0.1, -0.05) is 6.07 Å². The molecule has 0 saturated carbocycles. The fraction of sp³-hybridized carbons (Fsp3) is 0. The van der Waals surface area contributed by atoms with Gasteiger partial charge in [0.25, 0.3) is 0 Å². The second kappa shape index (κ2) is 3.21. The van der Waals surface area contributed by atoms with E-state index in [2.05, 4.69) is 15.9 Å². The summed E-state index contributed by atoms with van der Waals surface area (Å²) in [6, 6.07) is 5.29. The van der Waals surface area contributed by atoms with E-state index in [0.29, 0.717) is 5.39 Å². The zero-order valence-corrected chi connectivity index (χ0v) is 9.26. The highest BCUT2D eigenvalue weighted by Gasteiger charge is 2.20. The van der Waals surface area contributed by atoms with Crippen LogP contribution in [-0.4, -0.2) is 4.92 Å². The average molecular weight is 273 g/mol. The summed E-state index contributed by atoms with van der Waals surface area (Å²) in [5.74, 6) is 0. The van der Waals surface area contributed by atoms with Crippen molar-refractivity contribution in [3.8, 4) is 0 Å². The molecule has 4 nitrogen and oxygen atoms in total. The monoisotopic (exact) mass is 272 g/mol. The molecule has 0 unspecified atom stereocenters. The number of nitrogens with two attached hydrogens (primary N) is 1. The molecule has 1 heterocycles. The summed E-state index contributed by atoms with van der Waals surface area (Å²) >= 11 is 4.55. The van der Waals surface area contributed by atoms with Crippen LogP contribution < -0.4 is 5.73 Å². The summed E-state index contributed by atoms with van der Waals surface area (Å²) in [6.45, 7) is 0. The van der Waals surface area contributed by atoms with E-state index in [4.69, 9.17) is 5.73 Å². The summed E-state index contributed by atoms with van der Waals surface area (Å²) in [5, 5.41) is 11.6. The first-order valence-corrected chi connectivity index (χ1v) is 5.33. The summed E-state index contributed by atoms with van der Waals surface area (Å²) in [5.41, 5.74) is 5.58. The van der Waals surface area contributed by atoms with Gasteiger partial charge in [0.2, 0.25) is 0 Å². The van der Waals surface area contributed by atoms with Gasteiger partial charge in [-0.15, -0.1) is 11.3 Å². The SMILES string of the molecule is Nc1sc2c(Br)cccc2c1[N+](=O)[O-]. The molecule has 0 amide bonds. The molecule has 6 heteroatoms. The lowest BCUT2D eigenvalue weighted by Gasteiger charge is -1.91. The molecular weight excluding hydrogens is 268 g/mol. The number of fused-ring (bicyclic) bond motifs is 1. The predicted molar refractivity (Wildman–Crippen MR) is 60.6 cm³/mol. The third kappa shape index (κ3) is 1.27. The van der Waals surface area contributed by atoms with Gasteiger partial charge in [0, 0.05) is 4.47 Å². The van der Waals surface area contributed by atoms with E-state index in [9.17, 15) is 10.1 Å². The van der Waals surface area contributed by atoms with Gasteiger partial charge in [-0.25, -0.2) is 0 Å². The molecule has 0 spiro atoms. The van der Waals surface area contributed by atoms with Crippen LogP contribution in [0.2, 0.25) is 0 Å². The lowest BCUT2D eigenvalue weighted by atomic mass is 10.2. The second-order valence-electron chi connectivity index (χ2n) is 2.69. The van der Waals surface area contributed by atoms with Gasteiger partial charge < -0.3 is 5.73 Å². The standard InChI is InChI=1S/C8H5BrN2O2S/c9-5-3-1-2-4-6(11(12)13)8(10)14-7(4)5/h1-3H,10H2. The molecule has 2 aromatic rings. The molecule has 0 aliphatic heterocycles. The van der Waals surface area contributed by atoms with E-state index >= 15 is 0 Å². The van der Waals surface area contributed by atoms with Crippen LogP contribution in [0.25, 0.3) is 10.1 Å². The van der Waals surface area contributed by atoms with Crippen molar-refractivity contribution in [2.45, 2.75) is 0 Å². The van der Waals surface area contributed by atoms with Crippen LogP contribution in [-0.2, 0) is 0 Å². The number of nitro groups is 1. The van der Waals surface area contributed by atoms with E-state index in [1.165, 1.54) is 11.3 Å². The van der Waals surface area contributed by atoms with Crippen LogP contribution in [0.4, 0.5) is 10.7 Å². The van der Waals surface area contributed by atoms with Gasteiger partial charge in [0.1, 0.15) is 0 Å². The van der Waals surface area contributed by atoms with Crippen LogP contribution >= 0.6 is 27.3 Å². The number of hydrogen-bond donors (Lipinski definition) is 1. The number of nitrogen functional groups attached to an aromatic ring is 1. The van der Waals surface area contributed by atoms with Gasteiger partial charge in [0.15, 0.2) is 5.00 Å². The van der Waals surface area contributed by atoms with E-state index in [-0.39, 0.29) is 10.7 Å². The van der Waals surface area contributed by atoms with E-state index in [1.54, 1.807) is 12.1 Å². The Morgan fingerprint density at radius 1 is 1.50 bits per heavy atom. The van der Waals surface area contributed by atoms with Gasteiger partial charge >= 0.3 is 5.69 Å². The Kier molecular flexibility index (Phi) is 2.16. The molecule has 0 aliphatic carbocycles. The Balaban J connectivity index is 2.90. The molecule has 2 N–H and O–H groups in total. The second-order valence-corrected chi connectivity index (χ2v) is 4.60. The lowest BCUT2D eigenvalue weighted by Crippen LogP contribution is -1.90. The molecule has 0 radical (unpaired) electrons. The van der Waals surface area contributed by atoms with Crippen LogP contribution in [0.5, 0.6) is 0 Å². The maximum atomic E-state index is 10.7. The molecule has 72 valence electrons. The fourth-order valence-corrected chi connectivity index (χ4v) is 2.83. The molecular formula is C8H5BrN2O2S. The fourth-order valence-electron chi connectivity index (χ4n) is 1.28. The molecule has 0 saturated heterocycles. The minimum absolute atomic E-state index is 0.00583. The van der Waals surface area contributed by atoms with Crippen molar-refractivity contribution >= 4 is 48.0 Å². The molecule has 0 atom stereocenters. The maximum absolute atomic E-state index is 10.7. The smallest absolute Gasteiger partial charge is 0.311 e. The largest absolute Gasteiger partial charge is 0.385 e. The summed E-state index contributed by atoms with van der Waals surface area (Å²) in [4.78, 5) is 10.3. The quantitative estimate of drug-likeness (QED) is 0.641. The Labute approximate surface area is 91.6 Å². The minimum atomic E-state index is -0.444. The number of halogens is 1. The van der Waals surface area contributed by atoms with Crippen molar-refractivity contribution in [3.63, 3.8) is 0 Å². The normalized spacial score (nSPS) is 10.6. The molecule has 0 bridgehead atoms. The van der Waals surface area contributed by atoms with Gasteiger partial charge in [0.05, 0.1) is 15.0 Å². The molecule has 0 fully saturated rings. The van der Waals surface area contributed by atoms with Crippen molar-refractivity contribution in [1.82, 2.24) is 0 Å². The Morgan fingerprint density at radius 3 is 2.86 bits per heavy atom. The zero-order chi connectivity index (χ0) is 10.3. The van der Waals surface area contributed by atoms with Crippen molar-refractivity contribution in [1.29, 1.82) is 0 Å². The lowest BCUT2D eigenvalue weighted by molar-refractivity contribution is -0.381. The highest BCUT2D eigenvalue weighted by atomic mass is 79.9. The van der Waals surface area contributed by atoms with Gasteiger partial charge in [-0.2, -0.15) is 0 Å². The summed E-state index contributed by atoms with van der Waals surface area (Å²) < 4.78 is 1.65. The Morgan fingerprint density at radius 2 is 2.21 bits per heavy atom. The topological polar surface area (TPSA) is 69.2 Å². The third-order valence-electron chi connectivity index (χ3n) is 1.85. The van der Waals surface area contributed by atoms with Crippen molar-refractivity contribution in [2.75, 3.05) is 5.73 Å². The highest BCUT2D eigenvalue weighted by Crippen LogP contribution is 2.42. The minimum Gasteiger partial charge on any atom is -0.385 e. The van der Waals surface area contributed by atoms with Gasteiger partial charge in [-0.05, 0) is 28.1 Å². The Hall–Kier alpha value is -1.14. The number of benzene rings is 1. The number of anilines is 1. The van der Waals surface area contributed by atoms with Crippen LogP contribution in [0.1, 0.15) is 0 Å². The summed E-state index contributed by atoms with van der Waals surface area (Å²) in [7, 11) is 0. The van der Waals surface area contributed by atoms with E-state index < -0.39 is 4.92 Å². The number of thiophene rings is 1. The van der Waals surface area contributed by atoms with Gasteiger partial charge in [-0.3, -0.25) is 10.1 Å². The summed E-state index contributed by atoms with van der Waals surface area (Å²) in [6.07, 6.45) is 0. The Bertz CT molecular complexity index is 523. The molecule has 2 rings (SSSR count). The molecule has 1 aromatic carbocycles. The first-order valence-electron chi connectivity index (χ1n) is 3.72. The highest BCUT2D eigenvalue weighted by molar-refractivity contribution is 9.10. The van der Waals surface area contributed by atoms with Crippen molar-refractivity contribution in [3.05, 3.63) is 32.8 Å². The average Bonchev–Trinajstić information content (AvgIpc) is 2.42. The van der Waals surface area contributed by atoms with Crippen LogP contribution in [0, 0.1) is 10.1 Å². The number of hydrogen-bond acceptors (Lipinski definition) is 4. The maximum Gasteiger partial charge on any atom is 0.311 e. The number of nitrogens with zero attached hydrogens (tertiary/aromatic N) is 1. The zero-order valence-electron chi connectivity index (χ0n) is 6.86. The predicted octanol–water partition coefficient (Wildman–Crippen LogP) is 3.15. The van der Waals surface area contributed by atoms with Crippen molar-refractivity contribution in [2.24, 2.45) is 0 Å². The first-order chi connectivity index (χ1) is 6.61. The molecule has 0 aliphatic rings. The van der Waals surface area contributed by atoms with Crippen molar-refractivity contribution < 1.29 is 4.92 Å². The molecule has 14 heavy (non-hydrogen) atoms. The van der Waals surface area contributed by atoms with Crippen LogP contribution in [0.15, 0.2) is 22.7 Å². The van der Waals surface area contributed by atoms with E-state index in [0.717, 1.165) is 9.17 Å². The third-order valence-corrected chi connectivity index (χ3v) is 3.83. The molecule has 1 aromatic heterocycles. The van der Waals surface area contributed by atoms with Crippen LogP contribution in [0.3, 0.4) is 0 Å². The first kappa shape index (κ1) is 9.42.